The number of para-hydroxylation sites is 1. The van der Waals surface area contributed by atoms with Gasteiger partial charge in [-0.15, -0.1) is 0 Å². The Bertz CT molecular complexity index is 543. The molecule has 0 saturated heterocycles. The molecule has 114 valence electrons. The third kappa shape index (κ3) is 5.13. The Hall–Kier alpha value is -2.57. The summed E-state index contributed by atoms with van der Waals surface area (Å²) in [7, 11) is 0. The van der Waals surface area contributed by atoms with Gasteiger partial charge in [0.2, 0.25) is 5.91 Å². The highest BCUT2D eigenvalue weighted by Gasteiger charge is 2.14. The molecule has 7 nitrogen and oxygen atoms in total. The van der Waals surface area contributed by atoms with Gasteiger partial charge in [-0.2, -0.15) is 0 Å². The van der Waals surface area contributed by atoms with Crippen LogP contribution < -0.4 is 16.0 Å². The van der Waals surface area contributed by atoms with Crippen molar-refractivity contribution in [2.24, 2.45) is 0 Å². The predicted octanol–water partition coefficient (Wildman–Crippen LogP) is 1.34. The number of carbonyl (C=O) groups is 3. The zero-order valence-electron chi connectivity index (χ0n) is 12.0. The highest BCUT2D eigenvalue weighted by atomic mass is 16.4. The van der Waals surface area contributed by atoms with Gasteiger partial charge < -0.3 is 21.1 Å². The number of aryl methyl sites for hydroxylation is 1. The molecule has 0 saturated carbocycles. The molecule has 0 aliphatic rings. The molecule has 0 aliphatic heterocycles. The van der Waals surface area contributed by atoms with E-state index >= 15 is 0 Å². The second-order valence-electron chi connectivity index (χ2n) is 4.39. The van der Waals surface area contributed by atoms with E-state index < -0.39 is 12.0 Å². The standard InChI is InChI=1S/C14H19N3O4/c1-3-15-11(18)7-8-16-14(21)17-12-9(2)5-4-6-10(12)13(19)20/h4-6H,3,7-8H2,1-2H3,(H,15,18)(H,19,20)(H2,16,17,21). The normalized spacial score (nSPS) is 9.81. The van der Waals surface area contributed by atoms with Gasteiger partial charge >= 0.3 is 12.0 Å². The molecule has 0 aliphatic carbocycles. The fourth-order valence-corrected chi connectivity index (χ4v) is 1.74. The molecule has 7 heteroatoms. The van der Waals surface area contributed by atoms with E-state index in [1.165, 1.54) is 6.07 Å². The van der Waals surface area contributed by atoms with Gasteiger partial charge in [-0.25, -0.2) is 9.59 Å². The summed E-state index contributed by atoms with van der Waals surface area (Å²) in [4.78, 5) is 34.1. The molecule has 4 N–H and O–H groups in total. The van der Waals surface area contributed by atoms with Gasteiger partial charge in [0.1, 0.15) is 0 Å². The summed E-state index contributed by atoms with van der Waals surface area (Å²) in [6.07, 6.45) is 0.167. The van der Waals surface area contributed by atoms with E-state index in [0.717, 1.165) is 0 Å². The van der Waals surface area contributed by atoms with Crippen molar-refractivity contribution in [1.82, 2.24) is 10.6 Å². The quantitative estimate of drug-likeness (QED) is 0.634. The predicted molar refractivity (Wildman–Crippen MR) is 78.5 cm³/mol. The highest BCUT2D eigenvalue weighted by Crippen LogP contribution is 2.20. The molecule has 21 heavy (non-hydrogen) atoms. The molecule has 0 heterocycles. The molecule has 0 radical (unpaired) electrons. The minimum Gasteiger partial charge on any atom is -0.478 e. The summed E-state index contributed by atoms with van der Waals surface area (Å²) < 4.78 is 0. The summed E-state index contributed by atoms with van der Waals surface area (Å²) in [6, 6.07) is 4.18. The second kappa shape index (κ2) is 7.88. The minimum absolute atomic E-state index is 0.0221. The van der Waals surface area contributed by atoms with E-state index in [1.54, 1.807) is 19.1 Å². The number of rotatable bonds is 6. The smallest absolute Gasteiger partial charge is 0.337 e. The van der Waals surface area contributed by atoms with Crippen molar-refractivity contribution in [3.05, 3.63) is 29.3 Å². The number of benzene rings is 1. The van der Waals surface area contributed by atoms with E-state index in [1.807, 2.05) is 6.92 Å². The Labute approximate surface area is 122 Å². The topological polar surface area (TPSA) is 108 Å². The number of nitrogens with one attached hydrogen (secondary N) is 3. The number of urea groups is 1. The fourth-order valence-electron chi connectivity index (χ4n) is 1.74. The van der Waals surface area contributed by atoms with Crippen LogP contribution in [0.2, 0.25) is 0 Å². The van der Waals surface area contributed by atoms with Crippen LogP contribution >= 0.6 is 0 Å². The Morgan fingerprint density at radius 1 is 1.19 bits per heavy atom. The van der Waals surface area contributed by atoms with E-state index in [2.05, 4.69) is 16.0 Å². The lowest BCUT2D eigenvalue weighted by Crippen LogP contribution is -2.33. The van der Waals surface area contributed by atoms with Crippen LogP contribution in [0.5, 0.6) is 0 Å². The van der Waals surface area contributed by atoms with Gasteiger partial charge in [0, 0.05) is 19.5 Å². The van der Waals surface area contributed by atoms with Crippen LogP contribution in [0.1, 0.15) is 29.3 Å². The molecule has 1 aromatic rings. The Morgan fingerprint density at radius 2 is 1.90 bits per heavy atom. The molecular formula is C14H19N3O4. The summed E-state index contributed by atoms with van der Waals surface area (Å²) in [5, 5.41) is 16.7. The highest BCUT2D eigenvalue weighted by molar-refractivity contribution is 6.01. The number of carboxylic acid groups (broad SMARTS) is 1. The van der Waals surface area contributed by atoms with E-state index in [4.69, 9.17) is 5.11 Å². The fraction of sp³-hybridized carbons (Fsp3) is 0.357. The number of hydrogen-bond acceptors (Lipinski definition) is 3. The molecule has 0 bridgehead atoms. The zero-order valence-corrected chi connectivity index (χ0v) is 12.0. The number of aromatic carboxylic acids is 1. The van der Waals surface area contributed by atoms with Crippen LogP contribution in [-0.4, -0.2) is 36.1 Å². The summed E-state index contributed by atoms with van der Waals surface area (Å²) >= 11 is 0. The summed E-state index contributed by atoms with van der Waals surface area (Å²) in [5.41, 5.74) is 0.920. The lowest BCUT2D eigenvalue weighted by atomic mass is 10.1. The molecule has 0 spiro atoms. The Balaban J connectivity index is 2.59. The maximum atomic E-state index is 11.7. The summed E-state index contributed by atoms with van der Waals surface area (Å²) in [6.45, 7) is 4.22. The van der Waals surface area contributed by atoms with Crippen molar-refractivity contribution in [1.29, 1.82) is 0 Å². The summed E-state index contributed by atoms with van der Waals surface area (Å²) in [5.74, 6) is -1.27. The van der Waals surface area contributed by atoms with Crippen molar-refractivity contribution in [2.45, 2.75) is 20.3 Å². The van der Waals surface area contributed by atoms with Gasteiger partial charge in [-0.05, 0) is 25.5 Å². The van der Waals surface area contributed by atoms with Crippen molar-refractivity contribution >= 4 is 23.6 Å². The number of carbonyl (C=O) groups excluding carboxylic acids is 2. The molecule has 3 amide bonds. The van der Waals surface area contributed by atoms with Gasteiger partial charge in [0.15, 0.2) is 0 Å². The monoisotopic (exact) mass is 293 g/mol. The first-order valence-electron chi connectivity index (χ1n) is 6.60. The number of anilines is 1. The minimum atomic E-state index is -1.11. The molecule has 0 aromatic heterocycles. The third-order valence-electron chi connectivity index (χ3n) is 2.75. The van der Waals surface area contributed by atoms with Crippen molar-refractivity contribution in [3.63, 3.8) is 0 Å². The van der Waals surface area contributed by atoms with E-state index in [-0.39, 0.29) is 30.1 Å². The average Bonchev–Trinajstić information content (AvgIpc) is 2.41. The number of amides is 3. The maximum absolute atomic E-state index is 11.7. The van der Waals surface area contributed by atoms with Crippen molar-refractivity contribution < 1.29 is 19.5 Å². The molecule has 0 unspecified atom stereocenters. The maximum Gasteiger partial charge on any atom is 0.337 e. The molecular weight excluding hydrogens is 274 g/mol. The Kier molecular flexibility index (Phi) is 6.19. The zero-order chi connectivity index (χ0) is 15.8. The van der Waals surface area contributed by atoms with Crippen LogP contribution in [-0.2, 0) is 4.79 Å². The lowest BCUT2D eigenvalue weighted by molar-refractivity contribution is -0.120. The molecule has 0 atom stereocenters. The number of hydrogen-bond donors (Lipinski definition) is 4. The van der Waals surface area contributed by atoms with Gasteiger partial charge in [0.25, 0.3) is 0 Å². The third-order valence-corrected chi connectivity index (χ3v) is 2.75. The van der Waals surface area contributed by atoms with Crippen LogP contribution in [0.25, 0.3) is 0 Å². The first kappa shape index (κ1) is 16.5. The van der Waals surface area contributed by atoms with Crippen LogP contribution in [0.4, 0.5) is 10.5 Å². The van der Waals surface area contributed by atoms with Crippen molar-refractivity contribution in [2.75, 3.05) is 18.4 Å². The molecule has 0 fully saturated rings. The largest absolute Gasteiger partial charge is 0.478 e. The van der Waals surface area contributed by atoms with Crippen LogP contribution in [0.15, 0.2) is 18.2 Å². The number of carboxylic acids is 1. The second-order valence-corrected chi connectivity index (χ2v) is 4.39. The SMILES string of the molecule is CCNC(=O)CCNC(=O)Nc1c(C)cccc1C(=O)O. The van der Waals surface area contributed by atoms with E-state index in [9.17, 15) is 14.4 Å². The lowest BCUT2D eigenvalue weighted by Gasteiger charge is -2.12. The van der Waals surface area contributed by atoms with Gasteiger partial charge in [-0.3, -0.25) is 4.79 Å². The molecule has 1 aromatic carbocycles. The average molecular weight is 293 g/mol. The first-order valence-corrected chi connectivity index (χ1v) is 6.60. The van der Waals surface area contributed by atoms with Gasteiger partial charge in [-0.1, -0.05) is 12.1 Å². The molecule has 1 rings (SSSR count). The Morgan fingerprint density at radius 3 is 2.52 bits per heavy atom. The van der Waals surface area contributed by atoms with Crippen molar-refractivity contribution in [3.8, 4) is 0 Å². The van der Waals surface area contributed by atoms with Gasteiger partial charge in [0.05, 0.1) is 11.3 Å². The van der Waals surface area contributed by atoms with Crippen LogP contribution in [0.3, 0.4) is 0 Å². The van der Waals surface area contributed by atoms with Crippen LogP contribution in [0, 0.1) is 6.92 Å². The first-order chi connectivity index (χ1) is 9.95. The van der Waals surface area contributed by atoms with E-state index in [0.29, 0.717) is 12.1 Å².